The van der Waals surface area contributed by atoms with Crippen molar-refractivity contribution >= 4 is 23.2 Å². The Morgan fingerprint density at radius 2 is 1.72 bits per heavy atom. The maximum absolute atomic E-state index is 12.5. The van der Waals surface area contributed by atoms with E-state index in [2.05, 4.69) is 10.3 Å². The monoisotopic (exact) mass is 405 g/mol. The van der Waals surface area contributed by atoms with Gasteiger partial charge in [0.15, 0.2) is 0 Å². The van der Waals surface area contributed by atoms with Crippen LogP contribution in [-0.2, 0) is 6.42 Å². The highest BCUT2D eigenvalue weighted by Gasteiger charge is 2.11. The van der Waals surface area contributed by atoms with Crippen LogP contribution in [0.2, 0.25) is 5.02 Å². The average molecular weight is 406 g/mol. The zero-order valence-corrected chi connectivity index (χ0v) is 16.7. The normalized spacial score (nSPS) is 10.8. The predicted octanol–water partition coefficient (Wildman–Crippen LogP) is 4.64. The maximum Gasteiger partial charge on any atom is 0.271 e. The molecule has 6 heteroatoms. The van der Waals surface area contributed by atoms with Gasteiger partial charge in [0.1, 0.15) is 17.1 Å². The highest BCUT2D eigenvalue weighted by Crippen LogP contribution is 2.22. The van der Waals surface area contributed by atoms with Crippen molar-refractivity contribution in [1.29, 1.82) is 0 Å². The third kappa shape index (κ3) is 4.41. The maximum atomic E-state index is 12.5. The Balaban J connectivity index is 1.42. The molecule has 2 heterocycles. The van der Waals surface area contributed by atoms with Gasteiger partial charge in [0.2, 0.25) is 0 Å². The first kappa shape index (κ1) is 19.0. The van der Waals surface area contributed by atoms with Crippen molar-refractivity contribution in [3.05, 3.63) is 89.3 Å². The number of nitrogens with zero attached hydrogens (tertiary/aromatic N) is 2. The summed E-state index contributed by atoms with van der Waals surface area (Å²) >= 11 is 5.96. The summed E-state index contributed by atoms with van der Waals surface area (Å²) in [6.45, 7) is 0.537. The highest BCUT2D eigenvalue weighted by molar-refractivity contribution is 6.30. The average Bonchev–Trinajstić information content (AvgIpc) is 3.18. The standard InChI is InChI=1S/C23H20ClN3O2/c1-29-20-9-2-16(3-10-20)12-13-25-23(28)21-15-27-14-18(6-11-22(27)26-21)17-4-7-19(24)8-5-17/h2-11,14-15H,12-13H2,1H3,(H,25,28). The second-order valence-electron chi connectivity index (χ2n) is 6.67. The van der Waals surface area contributed by atoms with Gasteiger partial charge >= 0.3 is 0 Å². The molecule has 1 N–H and O–H groups in total. The molecule has 0 aliphatic heterocycles. The van der Waals surface area contributed by atoms with Crippen molar-refractivity contribution in [3.8, 4) is 16.9 Å². The number of imidazole rings is 1. The van der Waals surface area contributed by atoms with Gasteiger partial charge in [-0.05, 0) is 59.5 Å². The van der Waals surface area contributed by atoms with Crippen LogP contribution < -0.4 is 10.1 Å². The van der Waals surface area contributed by atoms with Gasteiger partial charge < -0.3 is 14.5 Å². The Morgan fingerprint density at radius 1 is 1.00 bits per heavy atom. The summed E-state index contributed by atoms with van der Waals surface area (Å²) in [5.41, 5.74) is 4.33. The molecule has 0 radical (unpaired) electrons. The number of ether oxygens (including phenoxy) is 1. The smallest absolute Gasteiger partial charge is 0.271 e. The zero-order chi connectivity index (χ0) is 20.2. The Hall–Kier alpha value is -3.31. The fourth-order valence-corrected chi connectivity index (χ4v) is 3.24. The van der Waals surface area contributed by atoms with E-state index in [1.165, 1.54) is 0 Å². The minimum Gasteiger partial charge on any atom is -0.497 e. The number of fused-ring (bicyclic) bond motifs is 1. The summed E-state index contributed by atoms with van der Waals surface area (Å²) < 4.78 is 7.02. The number of aromatic nitrogens is 2. The van der Waals surface area contributed by atoms with E-state index in [1.54, 1.807) is 13.3 Å². The van der Waals surface area contributed by atoms with E-state index in [-0.39, 0.29) is 5.91 Å². The summed E-state index contributed by atoms with van der Waals surface area (Å²) in [6, 6.07) is 19.3. The van der Waals surface area contributed by atoms with Crippen molar-refractivity contribution in [3.63, 3.8) is 0 Å². The van der Waals surface area contributed by atoms with Crippen LogP contribution in [0.25, 0.3) is 16.8 Å². The summed E-state index contributed by atoms with van der Waals surface area (Å²) in [7, 11) is 1.64. The molecule has 29 heavy (non-hydrogen) atoms. The molecule has 0 unspecified atom stereocenters. The third-order valence-electron chi connectivity index (χ3n) is 4.72. The van der Waals surface area contributed by atoms with Crippen LogP contribution in [0.5, 0.6) is 5.75 Å². The number of halogens is 1. The second-order valence-corrected chi connectivity index (χ2v) is 7.11. The molecular formula is C23H20ClN3O2. The Morgan fingerprint density at radius 3 is 2.45 bits per heavy atom. The topological polar surface area (TPSA) is 55.6 Å². The van der Waals surface area contributed by atoms with E-state index >= 15 is 0 Å². The molecule has 4 rings (SSSR count). The Labute approximate surface area is 173 Å². The number of methoxy groups -OCH3 is 1. The molecule has 2 aromatic carbocycles. The Kier molecular flexibility index (Phi) is 5.49. The minimum absolute atomic E-state index is 0.185. The van der Waals surface area contributed by atoms with E-state index in [9.17, 15) is 4.79 Å². The van der Waals surface area contributed by atoms with Crippen LogP contribution in [0.4, 0.5) is 0 Å². The first-order valence-electron chi connectivity index (χ1n) is 9.28. The van der Waals surface area contributed by atoms with E-state index < -0.39 is 0 Å². The summed E-state index contributed by atoms with van der Waals surface area (Å²) in [4.78, 5) is 16.9. The van der Waals surface area contributed by atoms with Crippen molar-refractivity contribution in [2.24, 2.45) is 0 Å². The molecule has 1 amide bonds. The number of hydrogen-bond acceptors (Lipinski definition) is 3. The van der Waals surface area contributed by atoms with Crippen LogP contribution in [0.15, 0.2) is 73.1 Å². The zero-order valence-electron chi connectivity index (χ0n) is 15.9. The van der Waals surface area contributed by atoms with Crippen molar-refractivity contribution in [1.82, 2.24) is 14.7 Å². The first-order chi connectivity index (χ1) is 14.1. The predicted molar refractivity (Wildman–Crippen MR) is 115 cm³/mol. The summed E-state index contributed by atoms with van der Waals surface area (Å²) in [5, 5.41) is 3.63. The number of amides is 1. The molecule has 5 nitrogen and oxygen atoms in total. The van der Waals surface area contributed by atoms with Gasteiger partial charge in [0.05, 0.1) is 7.11 Å². The lowest BCUT2D eigenvalue weighted by Gasteiger charge is -2.05. The number of nitrogens with one attached hydrogen (secondary N) is 1. The Bertz CT molecular complexity index is 1140. The summed E-state index contributed by atoms with van der Waals surface area (Å²) in [6.07, 6.45) is 4.45. The molecule has 2 aromatic heterocycles. The largest absolute Gasteiger partial charge is 0.497 e. The van der Waals surface area contributed by atoms with E-state index in [0.717, 1.165) is 34.5 Å². The van der Waals surface area contributed by atoms with Gasteiger partial charge in [-0.25, -0.2) is 4.98 Å². The molecule has 0 spiro atoms. The molecule has 0 saturated carbocycles. The number of carbonyl (C=O) groups excluding carboxylic acids is 1. The molecule has 0 bridgehead atoms. The molecule has 0 fully saturated rings. The highest BCUT2D eigenvalue weighted by atomic mass is 35.5. The molecule has 4 aromatic rings. The SMILES string of the molecule is COc1ccc(CCNC(=O)c2cn3cc(-c4ccc(Cl)cc4)ccc3n2)cc1. The lowest BCUT2D eigenvalue weighted by atomic mass is 10.1. The molecular weight excluding hydrogens is 386 g/mol. The fraction of sp³-hybridized carbons (Fsp3) is 0.130. The quantitative estimate of drug-likeness (QED) is 0.508. The summed E-state index contributed by atoms with van der Waals surface area (Å²) in [5.74, 6) is 0.635. The molecule has 0 aliphatic carbocycles. The van der Waals surface area contributed by atoms with Gasteiger partial charge in [0, 0.05) is 24.0 Å². The van der Waals surface area contributed by atoms with E-state index in [0.29, 0.717) is 17.3 Å². The van der Waals surface area contributed by atoms with Crippen LogP contribution in [0, 0.1) is 0 Å². The van der Waals surface area contributed by atoms with Crippen LogP contribution >= 0.6 is 11.6 Å². The van der Waals surface area contributed by atoms with Gasteiger partial charge in [-0.3, -0.25) is 4.79 Å². The number of hydrogen-bond donors (Lipinski definition) is 1. The molecule has 0 atom stereocenters. The second kappa shape index (κ2) is 8.37. The van der Waals surface area contributed by atoms with Gasteiger partial charge in [0.25, 0.3) is 5.91 Å². The van der Waals surface area contributed by atoms with Gasteiger partial charge in [-0.1, -0.05) is 35.9 Å². The van der Waals surface area contributed by atoms with Crippen LogP contribution in [0.3, 0.4) is 0 Å². The minimum atomic E-state index is -0.185. The van der Waals surface area contributed by atoms with Gasteiger partial charge in [-0.2, -0.15) is 0 Å². The molecule has 0 saturated heterocycles. The van der Waals surface area contributed by atoms with Gasteiger partial charge in [-0.15, -0.1) is 0 Å². The van der Waals surface area contributed by atoms with Crippen molar-refractivity contribution in [2.45, 2.75) is 6.42 Å². The van der Waals surface area contributed by atoms with Crippen molar-refractivity contribution in [2.75, 3.05) is 13.7 Å². The fourth-order valence-electron chi connectivity index (χ4n) is 3.12. The number of rotatable bonds is 6. The van der Waals surface area contributed by atoms with Crippen LogP contribution in [0.1, 0.15) is 16.1 Å². The third-order valence-corrected chi connectivity index (χ3v) is 4.97. The lowest BCUT2D eigenvalue weighted by Crippen LogP contribution is -2.25. The molecule has 0 aliphatic rings. The van der Waals surface area contributed by atoms with E-state index in [4.69, 9.17) is 16.3 Å². The van der Waals surface area contributed by atoms with Crippen LogP contribution in [-0.4, -0.2) is 28.9 Å². The number of benzene rings is 2. The molecule has 146 valence electrons. The lowest BCUT2D eigenvalue weighted by molar-refractivity contribution is 0.0950. The first-order valence-corrected chi connectivity index (χ1v) is 9.66. The number of carbonyl (C=O) groups is 1. The van der Waals surface area contributed by atoms with E-state index in [1.807, 2.05) is 71.3 Å². The van der Waals surface area contributed by atoms with Crippen molar-refractivity contribution < 1.29 is 9.53 Å². The number of pyridine rings is 1.